The summed E-state index contributed by atoms with van der Waals surface area (Å²) in [6.45, 7) is 5.05. The van der Waals surface area contributed by atoms with Crippen molar-refractivity contribution in [3.05, 3.63) is 0 Å². The number of hydrogen-bond donors (Lipinski definition) is 2. The highest BCUT2D eigenvalue weighted by atomic mass is 16.1. The maximum absolute atomic E-state index is 11.8. The standard InChI is InChI=1S/C13H26N2O/c1-11(7-10-14)5-6-12(16)15-13(2)8-3-4-9-13/h11H,3-10,14H2,1-2H3,(H,15,16). The third kappa shape index (κ3) is 4.52. The Morgan fingerprint density at radius 3 is 2.56 bits per heavy atom. The summed E-state index contributed by atoms with van der Waals surface area (Å²) in [6, 6.07) is 0. The first kappa shape index (κ1) is 13.5. The second-order valence-corrected chi connectivity index (χ2v) is 5.54. The number of amides is 1. The van der Waals surface area contributed by atoms with Gasteiger partial charge in [-0.05, 0) is 45.1 Å². The molecule has 1 amide bonds. The van der Waals surface area contributed by atoms with Crippen LogP contribution in [0.15, 0.2) is 0 Å². The third-order valence-electron chi connectivity index (χ3n) is 3.67. The van der Waals surface area contributed by atoms with Crippen molar-refractivity contribution in [2.45, 2.75) is 64.3 Å². The molecule has 0 saturated heterocycles. The van der Waals surface area contributed by atoms with Crippen LogP contribution < -0.4 is 11.1 Å². The molecule has 3 nitrogen and oxygen atoms in total. The van der Waals surface area contributed by atoms with Gasteiger partial charge in [-0.3, -0.25) is 4.79 Å². The summed E-state index contributed by atoms with van der Waals surface area (Å²) >= 11 is 0. The van der Waals surface area contributed by atoms with Crippen molar-refractivity contribution < 1.29 is 4.79 Å². The van der Waals surface area contributed by atoms with Gasteiger partial charge < -0.3 is 11.1 Å². The van der Waals surface area contributed by atoms with Gasteiger partial charge in [0.25, 0.3) is 0 Å². The van der Waals surface area contributed by atoms with Gasteiger partial charge in [0.2, 0.25) is 5.91 Å². The first-order chi connectivity index (χ1) is 7.56. The van der Waals surface area contributed by atoms with E-state index in [4.69, 9.17) is 5.73 Å². The van der Waals surface area contributed by atoms with Crippen LogP contribution in [-0.4, -0.2) is 18.0 Å². The number of hydrogen-bond acceptors (Lipinski definition) is 2. The second kappa shape index (κ2) is 6.24. The molecule has 0 aromatic carbocycles. The topological polar surface area (TPSA) is 55.1 Å². The van der Waals surface area contributed by atoms with Crippen molar-refractivity contribution in [2.75, 3.05) is 6.54 Å². The maximum atomic E-state index is 11.8. The molecule has 0 aromatic heterocycles. The van der Waals surface area contributed by atoms with E-state index in [1.165, 1.54) is 12.8 Å². The molecule has 1 aliphatic rings. The largest absolute Gasteiger partial charge is 0.351 e. The molecule has 0 bridgehead atoms. The van der Waals surface area contributed by atoms with Gasteiger partial charge in [0.1, 0.15) is 0 Å². The fourth-order valence-corrected chi connectivity index (χ4v) is 2.49. The van der Waals surface area contributed by atoms with Gasteiger partial charge in [-0.25, -0.2) is 0 Å². The lowest BCUT2D eigenvalue weighted by atomic mass is 9.98. The molecule has 0 radical (unpaired) electrons. The van der Waals surface area contributed by atoms with Crippen LogP contribution in [0, 0.1) is 5.92 Å². The highest BCUT2D eigenvalue weighted by Crippen LogP contribution is 2.29. The normalized spacial score (nSPS) is 20.7. The molecule has 1 saturated carbocycles. The third-order valence-corrected chi connectivity index (χ3v) is 3.67. The van der Waals surface area contributed by atoms with Crippen molar-refractivity contribution >= 4 is 5.91 Å². The molecule has 1 fully saturated rings. The Kier molecular flexibility index (Phi) is 5.26. The Labute approximate surface area is 99.2 Å². The van der Waals surface area contributed by atoms with E-state index in [0.717, 1.165) is 32.2 Å². The molecular weight excluding hydrogens is 200 g/mol. The highest BCUT2D eigenvalue weighted by Gasteiger charge is 2.29. The summed E-state index contributed by atoms with van der Waals surface area (Å²) in [4.78, 5) is 11.8. The number of rotatable bonds is 6. The van der Waals surface area contributed by atoms with Crippen LogP contribution in [0.2, 0.25) is 0 Å². The molecule has 94 valence electrons. The van der Waals surface area contributed by atoms with E-state index in [9.17, 15) is 4.79 Å². The van der Waals surface area contributed by atoms with Gasteiger partial charge in [0.05, 0.1) is 0 Å². The predicted octanol–water partition coefficient (Wildman–Crippen LogP) is 2.20. The van der Waals surface area contributed by atoms with E-state index in [1.54, 1.807) is 0 Å². The average molecular weight is 226 g/mol. The molecular formula is C13H26N2O. The summed E-state index contributed by atoms with van der Waals surface area (Å²) in [5.74, 6) is 0.778. The summed E-state index contributed by atoms with van der Waals surface area (Å²) in [5.41, 5.74) is 5.57. The zero-order chi connectivity index (χ0) is 12.0. The highest BCUT2D eigenvalue weighted by molar-refractivity contribution is 5.76. The van der Waals surface area contributed by atoms with Crippen molar-refractivity contribution in [3.8, 4) is 0 Å². The number of carbonyl (C=O) groups is 1. The molecule has 16 heavy (non-hydrogen) atoms. The van der Waals surface area contributed by atoms with Crippen molar-refractivity contribution in [3.63, 3.8) is 0 Å². The molecule has 3 heteroatoms. The fraction of sp³-hybridized carbons (Fsp3) is 0.923. The SMILES string of the molecule is CC(CCN)CCC(=O)NC1(C)CCCC1. The quantitative estimate of drug-likeness (QED) is 0.729. The predicted molar refractivity (Wildman–Crippen MR) is 67.1 cm³/mol. The minimum absolute atomic E-state index is 0.0776. The molecule has 1 rings (SSSR count). The summed E-state index contributed by atoms with van der Waals surface area (Å²) in [5, 5.41) is 3.18. The summed E-state index contributed by atoms with van der Waals surface area (Å²) in [6.07, 6.45) is 7.40. The van der Waals surface area contributed by atoms with E-state index in [1.807, 2.05) is 0 Å². The van der Waals surface area contributed by atoms with Crippen molar-refractivity contribution in [2.24, 2.45) is 11.7 Å². The fourth-order valence-electron chi connectivity index (χ4n) is 2.49. The van der Waals surface area contributed by atoms with Crippen LogP contribution in [-0.2, 0) is 4.79 Å². The van der Waals surface area contributed by atoms with Gasteiger partial charge >= 0.3 is 0 Å². The van der Waals surface area contributed by atoms with Crippen LogP contribution in [0.3, 0.4) is 0 Å². The second-order valence-electron chi connectivity index (χ2n) is 5.54. The van der Waals surface area contributed by atoms with E-state index in [2.05, 4.69) is 19.2 Å². The first-order valence-electron chi connectivity index (χ1n) is 6.57. The monoisotopic (exact) mass is 226 g/mol. The van der Waals surface area contributed by atoms with Gasteiger partial charge in [0.15, 0.2) is 0 Å². The van der Waals surface area contributed by atoms with Crippen LogP contribution in [0.25, 0.3) is 0 Å². The van der Waals surface area contributed by atoms with E-state index < -0.39 is 0 Å². The molecule has 3 N–H and O–H groups in total. The van der Waals surface area contributed by atoms with Gasteiger partial charge in [-0.2, -0.15) is 0 Å². The van der Waals surface area contributed by atoms with Crippen LogP contribution >= 0.6 is 0 Å². The minimum atomic E-state index is 0.0776. The Hall–Kier alpha value is -0.570. The molecule has 0 spiro atoms. The Balaban J connectivity index is 2.20. The zero-order valence-corrected chi connectivity index (χ0v) is 10.7. The minimum Gasteiger partial charge on any atom is -0.351 e. The Morgan fingerprint density at radius 1 is 1.38 bits per heavy atom. The van der Waals surface area contributed by atoms with Crippen LogP contribution in [0.1, 0.15) is 58.8 Å². The molecule has 0 aromatic rings. The molecule has 1 aliphatic carbocycles. The summed E-state index contributed by atoms with van der Waals surface area (Å²) < 4.78 is 0. The number of nitrogens with one attached hydrogen (secondary N) is 1. The van der Waals surface area contributed by atoms with Gasteiger partial charge in [-0.15, -0.1) is 0 Å². The first-order valence-corrected chi connectivity index (χ1v) is 6.57. The lowest BCUT2D eigenvalue weighted by molar-refractivity contribution is -0.123. The van der Waals surface area contributed by atoms with Crippen molar-refractivity contribution in [1.82, 2.24) is 5.32 Å². The van der Waals surface area contributed by atoms with Crippen molar-refractivity contribution in [1.29, 1.82) is 0 Å². The number of nitrogens with two attached hydrogens (primary N) is 1. The number of carbonyl (C=O) groups excluding carboxylic acids is 1. The average Bonchev–Trinajstić information content (AvgIpc) is 2.62. The summed E-state index contributed by atoms with van der Waals surface area (Å²) in [7, 11) is 0. The van der Waals surface area contributed by atoms with E-state index in [0.29, 0.717) is 12.3 Å². The molecule has 0 heterocycles. The van der Waals surface area contributed by atoms with E-state index >= 15 is 0 Å². The van der Waals surface area contributed by atoms with Gasteiger partial charge in [0, 0.05) is 12.0 Å². The lowest BCUT2D eigenvalue weighted by Crippen LogP contribution is -2.43. The van der Waals surface area contributed by atoms with Crippen LogP contribution in [0.4, 0.5) is 0 Å². The molecule has 1 atom stereocenters. The molecule has 1 unspecified atom stereocenters. The zero-order valence-electron chi connectivity index (χ0n) is 10.7. The lowest BCUT2D eigenvalue weighted by Gasteiger charge is -2.25. The van der Waals surface area contributed by atoms with Crippen LogP contribution in [0.5, 0.6) is 0 Å². The van der Waals surface area contributed by atoms with E-state index in [-0.39, 0.29) is 11.4 Å². The Morgan fingerprint density at radius 2 is 2.00 bits per heavy atom. The molecule has 0 aliphatic heterocycles. The smallest absolute Gasteiger partial charge is 0.220 e. The maximum Gasteiger partial charge on any atom is 0.220 e. The Bertz CT molecular complexity index is 222. The van der Waals surface area contributed by atoms with Gasteiger partial charge in [-0.1, -0.05) is 19.8 Å².